The Balaban J connectivity index is 0. The predicted molar refractivity (Wildman–Crippen MR) is 49.7 cm³/mol. The number of rotatable bonds is 4. The van der Waals surface area contributed by atoms with Gasteiger partial charge >= 0.3 is 6.16 Å². The van der Waals surface area contributed by atoms with Crippen molar-refractivity contribution in [3.8, 4) is 0 Å². The molecule has 0 aliphatic heterocycles. The molecule has 0 saturated carbocycles. The first-order valence-corrected chi connectivity index (χ1v) is 3.96. The van der Waals surface area contributed by atoms with E-state index in [2.05, 4.69) is 4.74 Å². The van der Waals surface area contributed by atoms with Crippen LogP contribution in [0.15, 0.2) is 0 Å². The first-order chi connectivity index (χ1) is 5.16. The minimum atomic E-state index is -0.555. The molecule has 12 heavy (non-hydrogen) atoms. The Kier molecular flexibility index (Phi) is 10.2. The highest BCUT2D eigenvalue weighted by Crippen LogP contribution is 1.94. The summed E-state index contributed by atoms with van der Waals surface area (Å²) in [7, 11) is 0. The molecule has 0 atom stereocenters. The Morgan fingerprint density at radius 3 is 2.33 bits per heavy atom. The van der Waals surface area contributed by atoms with Crippen LogP contribution in [-0.2, 0) is 9.47 Å². The summed E-state index contributed by atoms with van der Waals surface area (Å²) in [4.78, 5) is 10.7. The maximum absolute atomic E-state index is 10.7. The minimum absolute atomic E-state index is 0. The molecule has 0 fully saturated rings. The van der Waals surface area contributed by atoms with E-state index in [1.54, 1.807) is 0 Å². The van der Waals surface area contributed by atoms with Crippen molar-refractivity contribution < 1.29 is 14.3 Å². The van der Waals surface area contributed by atoms with E-state index >= 15 is 0 Å². The van der Waals surface area contributed by atoms with Gasteiger partial charge in [0.1, 0.15) is 0 Å². The van der Waals surface area contributed by atoms with E-state index in [0.717, 1.165) is 6.42 Å². The highest BCUT2D eigenvalue weighted by molar-refractivity contribution is 5.85. The molecule has 0 radical (unpaired) electrons. The van der Waals surface area contributed by atoms with Gasteiger partial charge in [-0.3, -0.25) is 0 Å². The quantitative estimate of drug-likeness (QED) is 0.649. The molecule has 0 saturated heterocycles. The lowest BCUT2D eigenvalue weighted by Gasteiger charge is -2.06. The molecular formula is C8H17ClO3. The smallest absolute Gasteiger partial charge is 0.434 e. The number of carbonyl (C=O) groups excluding carboxylic acids is 1. The van der Waals surface area contributed by atoms with E-state index in [1.165, 1.54) is 0 Å². The van der Waals surface area contributed by atoms with Crippen molar-refractivity contribution in [1.29, 1.82) is 0 Å². The summed E-state index contributed by atoms with van der Waals surface area (Å²) in [5.41, 5.74) is 0. The summed E-state index contributed by atoms with van der Waals surface area (Å²) in [6.07, 6.45) is 0.275. The lowest BCUT2D eigenvalue weighted by Crippen LogP contribution is -2.11. The Bertz CT molecular complexity index is 115. The summed E-state index contributed by atoms with van der Waals surface area (Å²) in [5.74, 6) is 0.365. The third kappa shape index (κ3) is 9.56. The second kappa shape index (κ2) is 8.65. The van der Waals surface area contributed by atoms with Gasteiger partial charge in [-0.15, -0.1) is 12.4 Å². The molecule has 0 spiro atoms. The van der Waals surface area contributed by atoms with Gasteiger partial charge in [-0.25, -0.2) is 4.79 Å². The van der Waals surface area contributed by atoms with Crippen LogP contribution in [0.25, 0.3) is 0 Å². The topological polar surface area (TPSA) is 35.5 Å². The third-order valence-electron chi connectivity index (χ3n) is 0.959. The molecule has 0 aliphatic carbocycles. The Hall–Kier alpha value is -0.440. The summed E-state index contributed by atoms with van der Waals surface area (Å²) >= 11 is 0. The average molecular weight is 197 g/mol. The van der Waals surface area contributed by atoms with Gasteiger partial charge in [0.25, 0.3) is 0 Å². The molecular weight excluding hydrogens is 180 g/mol. The van der Waals surface area contributed by atoms with E-state index in [4.69, 9.17) is 4.74 Å². The van der Waals surface area contributed by atoms with Gasteiger partial charge in [0.15, 0.2) is 0 Å². The van der Waals surface area contributed by atoms with Crippen molar-refractivity contribution in [2.24, 2.45) is 5.92 Å². The average Bonchev–Trinajstić information content (AvgIpc) is 1.97. The summed E-state index contributed by atoms with van der Waals surface area (Å²) in [5, 5.41) is 0. The van der Waals surface area contributed by atoms with Gasteiger partial charge in [0.2, 0.25) is 0 Å². The van der Waals surface area contributed by atoms with Gasteiger partial charge < -0.3 is 9.47 Å². The second-order valence-corrected chi connectivity index (χ2v) is 2.80. The van der Waals surface area contributed by atoms with Gasteiger partial charge in [-0.1, -0.05) is 20.8 Å². The van der Waals surface area contributed by atoms with Crippen molar-refractivity contribution in [1.82, 2.24) is 0 Å². The molecule has 0 amide bonds. The largest absolute Gasteiger partial charge is 0.508 e. The maximum Gasteiger partial charge on any atom is 0.508 e. The van der Waals surface area contributed by atoms with Crippen molar-refractivity contribution in [2.75, 3.05) is 13.2 Å². The van der Waals surface area contributed by atoms with Crippen LogP contribution in [0.5, 0.6) is 0 Å². The molecule has 0 aromatic heterocycles. The second-order valence-electron chi connectivity index (χ2n) is 2.80. The normalized spacial score (nSPS) is 9.00. The van der Waals surface area contributed by atoms with Gasteiger partial charge in [0, 0.05) is 0 Å². The van der Waals surface area contributed by atoms with Crippen LogP contribution in [0.4, 0.5) is 4.79 Å². The number of halogens is 1. The maximum atomic E-state index is 10.7. The predicted octanol–water partition coefficient (Wildman–Crippen LogP) is 2.63. The molecule has 0 rings (SSSR count). The molecule has 74 valence electrons. The fraction of sp³-hybridized carbons (Fsp3) is 0.875. The number of hydrogen-bond acceptors (Lipinski definition) is 3. The highest BCUT2D eigenvalue weighted by Gasteiger charge is 2.03. The molecule has 0 unspecified atom stereocenters. The van der Waals surface area contributed by atoms with Crippen LogP contribution in [-0.4, -0.2) is 19.4 Å². The zero-order chi connectivity index (χ0) is 8.69. The Morgan fingerprint density at radius 1 is 1.33 bits per heavy atom. The first-order valence-electron chi connectivity index (χ1n) is 3.96. The van der Waals surface area contributed by atoms with Crippen LogP contribution in [0.2, 0.25) is 0 Å². The Labute approximate surface area is 79.8 Å². The molecule has 0 N–H and O–H groups in total. The van der Waals surface area contributed by atoms with Gasteiger partial charge in [-0.2, -0.15) is 0 Å². The summed E-state index contributed by atoms with van der Waals surface area (Å²) in [6, 6.07) is 0. The van der Waals surface area contributed by atoms with Crippen LogP contribution >= 0.6 is 12.4 Å². The molecule has 0 bridgehead atoms. The molecule has 0 aromatic carbocycles. The number of ether oxygens (including phenoxy) is 2. The number of carbonyl (C=O) groups is 1. The van der Waals surface area contributed by atoms with E-state index in [-0.39, 0.29) is 12.4 Å². The number of hydrogen-bond donors (Lipinski definition) is 0. The summed E-state index contributed by atoms with van der Waals surface area (Å²) in [6.45, 7) is 6.77. The molecule has 0 aromatic rings. The molecule has 3 nitrogen and oxygen atoms in total. The molecule has 4 heteroatoms. The third-order valence-corrected chi connectivity index (χ3v) is 0.959. The highest BCUT2D eigenvalue weighted by atomic mass is 35.5. The van der Waals surface area contributed by atoms with Crippen LogP contribution in [0.1, 0.15) is 27.2 Å². The van der Waals surface area contributed by atoms with Gasteiger partial charge in [-0.05, 0) is 12.3 Å². The zero-order valence-corrected chi connectivity index (χ0v) is 8.65. The monoisotopic (exact) mass is 196 g/mol. The van der Waals surface area contributed by atoms with Crippen LogP contribution in [0.3, 0.4) is 0 Å². The standard InChI is InChI=1S/C8H16O3.ClH/c1-4-5-10-8(9)11-6-7(2)3;/h7H,4-6H2,1-3H3;1H. The molecule has 0 heterocycles. The van der Waals surface area contributed by atoms with Crippen LogP contribution in [0, 0.1) is 5.92 Å². The van der Waals surface area contributed by atoms with E-state index in [1.807, 2.05) is 20.8 Å². The zero-order valence-electron chi connectivity index (χ0n) is 7.83. The lowest BCUT2D eigenvalue weighted by molar-refractivity contribution is 0.0477. The van der Waals surface area contributed by atoms with E-state index in [0.29, 0.717) is 19.1 Å². The Morgan fingerprint density at radius 2 is 1.92 bits per heavy atom. The van der Waals surface area contributed by atoms with E-state index < -0.39 is 6.16 Å². The van der Waals surface area contributed by atoms with Crippen molar-refractivity contribution in [2.45, 2.75) is 27.2 Å². The van der Waals surface area contributed by atoms with Gasteiger partial charge in [0.05, 0.1) is 13.2 Å². The van der Waals surface area contributed by atoms with Crippen LogP contribution < -0.4 is 0 Å². The lowest BCUT2D eigenvalue weighted by atomic mass is 10.2. The SMILES string of the molecule is CCCOC(=O)OCC(C)C.Cl. The fourth-order valence-electron chi connectivity index (χ4n) is 0.462. The molecule has 0 aliphatic rings. The first kappa shape index (κ1) is 14.1. The summed E-state index contributed by atoms with van der Waals surface area (Å²) < 4.78 is 9.42. The van der Waals surface area contributed by atoms with E-state index in [9.17, 15) is 4.79 Å². The van der Waals surface area contributed by atoms with Crippen molar-refractivity contribution in [3.63, 3.8) is 0 Å². The van der Waals surface area contributed by atoms with Crippen molar-refractivity contribution in [3.05, 3.63) is 0 Å². The van der Waals surface area contributed by atoms with Crippen molar-refractivity contribution >= 4 is 18.6 Å². The fourth-order valence-corrected chi connectivity index (χ4v) is 0.462. The minimum Gasteiger partial charge on any atom is -0.434 e.